The van der Waals surface area contributed by atoms with Crippen molar-refractivity contribution in [3.05, 3.63) is 106 Å². The summed E-state index contributed by atoms with van der Waals surface area (Å²) in [6, 6.07) is 17.2. The highest BCUT2D eigenvalue weighted by Gasteiger charge is 2.27. The summed E-state index contributed by atoms with van der Waals surface area (Å²) in [5.74, 6) is -0.0247. The Morgan fingerprint density at radius 3 is 2.59 bits per heavy atom. The van der Waals surface area contributed by atoms with Crippen LogP contribution in [-0.2, 0) is 13.1 Å². The fourth-order valence-corrected chi connectivity index (χ4v) is 4.11. The van der Waals surface area contributed by atoms with Gasteiger partial charge in [-0.3, -0.25) is 14.5 Å². The average molecular weight is 466 g/mol. The molecule has 0 spiro atoms. The molecule has 32 heavy (non-hydrogen) atoms. The number of anilines is 2. The Hall–Kier alpha value is -3.48. The molecule has 0 unspecified atom stereocenters. The van der Waals surface area contributed by atoms with Crippen LogP contribution in [0.2, 0.25) is 10.0 Å². The fraction of sp³-hybridized carbons (Fsp3) is 0.0833. The monoisotopic (exact) mass is 465 g/mol. The molecule has 0 saturated carbocycles. The van der Waals surface area contributed by atoms with Gasteiger partial charge in [0.15, 0.2) is 0 Å². The highest BCUT2D eigenvalue weighted by atomic mass is 35.5. The number of hydrogen-bond acceptors (Lipinski definition) is 3. The number of carbonyl (C=O) groups is 2. The molecule has 0 aliphatic carbocycles. The van der Waals surface area contributed by atoms with Crippen molar-refractivity contribution in [1.82, 2.24) is 4.57 Å². The Labute approximate surface area is 194 Å². The Morgan fingerprint density at radius 1 is 0.969 bits per heavy atom. The van der Waals surface area contributed by atoms with E-state index < -0.39 is 0 Å². The van der Waals surface area contributed by atoms with Crippen molar-refractivity contribution >= 4 is 46.6 Å². The molecule has 2 aromatic heterocycles. The van der Waals surface area contributed by atoms with E-state index in [0.717, 1.165) is 11.3 Å². The van der Waals surface area contributed by atoms with Gasteiger partial charge in [0.1, 0.15) is 0 Å². The first-order chi connectivity index (χ1) is 15.5. The zero-order valence-electron chi connectivity index (χ0n) is 16.7. The summed E-state index contributed by atoms with van der Waals surface area (Å²) in [6.07, 6.45) is 3.59. The van der Waals surface area contributed by atoms with Gasteiger partial charge >= 0.3 is 0 Å². The van der Waals surface area contributed by atoms with Gasteiger partial charge in [0, 0.05) is 33.7 Å². The normalized spacial score (nSPS) is 12.6. The Balaban J connectivity index is 1.37. The number of nitrogens with zero attached hydrogens (tertiary/aromatic N) is 2. The molecule has 5 rings (SSSR count). The minimum Gasteiger partial charge on any atom is -0.448 e. The molecule has 1 aliphatic heterocycles. The Bertz CT molecular complexity index is 1320. The summed E-state index contributed by atoms with van der Waals surface area (Å²) >= 11 is 12.1. The molecule has 8 heteroatoms. The van der Waals surface area contributed by atoms with Gasteiger partial charge in [-0.25, -0.2) is 0 Å². The lowest BCUT2D eigenvalue weighted by atomic mass is 10.1. The topological polar surface area (TPSA) is 67.5 Å². The smallest absolute Gasteiger partial charge is 0.260 e. The lowest BCUT2D eigenvalue weighted by Crippen LogP contribution is -2.30. The van der Waals surface area contributed by atoms with Gasteiger partial charge in [0.25, 0.3) is 11.8 Å². The highest BCUT2D eigenvalue weighted by molar-refractivity contribution is 6.36. The van der Waals surface area contributed by atoms with E-state index in [1.165, 1.54) is 6.07 Å². The van der Waals surface area contributed by atoms with Crippen molar-refractivity contribution in [2.75, 3.05) is 10.2 Å². The number of fused-ring (bicyclic) bond motifs is 2. The van der Waals surface area contributed by atoms with Gasteiger partial charge < -0.3 is 14.3 Å². The number of aromatic nitrogens is 1. The number of halogens is 2. The maximum absolute atomic E-state index is 13.3. The summed E-state index contributed by atoms with van der Waals surface area (Å²) in [6.45, 7) is 1.05. The first-order valence-corrected chi connectivity index (χ1v) is 10.6. The molecule has 160 valence electrons. The van der Waals surface area contributed by atoms with E-state index in [0.29, 0.717) is 40.3 Å². The van der Waals surface area contributed by atoms with Crippen LogP contribution in [0.1, 0.15) is 32.0 Å². The number of amides is 2. The third kappa shape index (κ3) is 3.79. The van der Waals surface area contributed by atoms with Crippen LogP contribution in [0, 0.1) is 0 Å². The molecule has 3 heterocycles. The minimum atomic E-state index is -0.384. The van der Waals surface area contributed by atoms with Crippen molar-refractivity contribution < 1.29 is 14.0 Å². The van der Waals surface area contributed by atoms with E-state index in [-0.39, 0.29) is 17.4 Å². The predicted octanol–water partition coefficient (Wildman–Crippen LogP) is 5.85. The molecule has 4 aromatic rings. The quantitative estimate of drug-likeness (QED) is 0.412. The van der Waals surface area contributed by atoms with Crippen LogP contribution in [0.15, 0.2) is 77.5 Å². The number of rotatable bonds is 3. The Morgan fingerprint density at radius 2 is 1.78 bits per heavy atom. The minimum absolute atomic E-state index is 0.188. The van der Waals surface area contributed by atoms with Gasteiger partial charge in [-0.05, 0) is 60.7 Å². The fourth-order valence-electron chi connectivity index (χ4n) is 3.74. The second-order valence-corrected chi connectivity index (χ2v) is 8.27. The van der Waals surface area contributed by atoms with Gasteiger partial charge in [-0.1, -0.05) is 23.2 Å². The summed E-state index contributed by atoms with van der Waals surface area (Å²) in [4.78, 5) is 27.5. The van der Waals surface area contributed by atoms with Gasteiger partial charge in [-0.15, -0.1) is 0 Å². The van der Waals surface area contributed by atoms with E-state index >= 15 is 0 Å². The standard InChI is InChI=1S/C24H17Cl2N3O3/c25-17-5-8-21(26)20(12-17)22(30)27-18-6-3-15(4-7-18)23(31)29-14-19-2-1-10-28(19)13-16-9-11-32-24(16)29/h1-12H,13-14H2,(H,27,30). The number of nitrogens with one attached hydrogen (secondary N) is 1. The molecule has 1 N–H and O–H groups in total. The van der Waals surface area contributed by atoms with Gasteiger partial charge in [0.05, 0.1) is 29.9 Å². The molecule has 0 bridgehead atoms. The third-order valence-electron chi connectivity index (χ3n) is 5.36. The zero-order valence-corrected chi connectivity index (χ0v) is 18.2. The van der Waals surface area contributed by atoms with Crippen molar-refractivity contribution in [2.24, 2.45) is 0 Å². The van der Waals surface area contributed by atoms with E-state index in [4.69, 9.17) is 27.6 Å². The molecule has 0 radical (unpaired) electrons. The van der Waals surface area contributed by atoms with E-state index in [1.54, 1.807) is 47.6 Å². The molecule has 0 saturated heterocycles. The second kappa shape index (κ2) is 8.22. The zero-order chi connectivity index (χ0) is 22.2. The second-order valence-electron chi connectivity index (χ2n) is 7.43. The summed E-state index contributed by atoms with van der Waals surface area (Å²) in [5.41, 5.74) is 3.25. The third-order valence-corrected chi connectivity index (χ3v) is 5.93. The van der Waals surface area contributed by atoms with E-state index in [1.807, 2.05) is 24.4 Å². The van der Waals surface area contributed by atoms with Crippen molar-refractivity contribution in [1.29, 1.82) is 0 Å². The predicted molar refractivity (Wildman–Crippen MR) is 124 cm³/mol. The van der Waals surface area contributed by atoms with E-state index in [9.17, 15) is 9.59 Å². The van der Waals surface area contributed by atoms with Crippen LogP contribution in [-0.4, -0.2) is 16.4 Å². The van der Waals surface area contributed by atoms with Crippen LogP contribution in [0.3, 0.4) is 0 Å². The maximum Gasteiger partial charge on any atom is 0.260 e. The van der Waals surface area contributed by atoms with Gasteiger partial charge in [0.2, 0.25) is 5.88 Å². The largest absolute Gasteiger partial charge is 0.448 e. The van der Waals surface area contributed by atoms with Crippen molar-refractivity contribution in [2.45, 2.75) is 13.1 Å². The highest BCUT2D eigenvalue weighted by Crippen LogP contribution is 2.30. The molecule has 0 fully saturated rings. The summed E-state index contributed by atoms with van der Waals surface area (Å²) in [5, 5.41) is 3.50. The van der Waals surface area contributed by atoms with Crippen LogP contribution in [0.4, 0.5) is 11.6 Å². The SMILES string of the molecule is O=C(Nc1ccc(C(=O)N2Cc3cccn3Cc3ccoc32)cc1)c1cc(Cl)ccc1Cl. The number of furan rings is 1. The molecule has 6 nitrogen and oxygen atoms in total. The van der Waals surface area contributed by atoms with E-state index in [2.05, 4.69) is 9.88 Å². The molecule has 2 aromatic carbocycles. The number of benzene rings is 2. The van der Waals surface area contributed by atoms with Crippen LogP contribution in [0.5, 0.6) is 0 Å². The van der Waals surface area contributed by atoms with Crippen LogP contribution < -0.4 is 10.2 Å². The van der Waals surface area contributed by atoms with Crippen molar-refractivity contribution in [3.63, 3.8) is 0 Å². The lowest BCUT2D eigenvalue weighted by molar-refractivity contribution is 0.0979. The number of carbonyl (C=O) groups excluding carboxylic acids is 2. The maximum atomic E-state index is 13.3. The molecule has 0 atom stereocenters. The van der Waals surface area contributed by atoms with Crippen molar-refractivity contribution in [3.8, 4) is 0 Å². The first kappa shape index (κ1) is 20.4. The van der Waals surface area contributed by atoms with Crippen LogP contribution >= 0.6 is 23.2 Å². The molecule has 1 aliphatic rings. The molecular formula is C24H17Cl2N3O3. The average Bonchev–Trinajstić information content (AvgIpc) is 3.41. The first-order valence-electron chi connectivity index (χ1n) is 9.88. The van der Waals surface area contributed by atoms with Gasteiger partial charge in [-0.2, -0.15) is 0 Å². The summed E-state index contributed by atoms with van der Waals surface area (Å²) < 4.78 is 7.75. The lowest BCUT2D eigenvalue weighted by Gasteiger charge is -2.19. The Kier molecular flexibility index (Phi) is 5.25. The van der Waals surface area contributed by atoms with Crippen LogP contribution in [0.25, 0.3) is 0 Å². The molecule has 2 amide bonds. The summed E-state index contributed by atoms with van der Waals surface area (Å²) in [7, 11) is 0. The molecular weight excluding hydrogens is 449 g/mol. The number of hydrogen-bond donors (Lipinski definition) is 1.